The lowest BCUT2D eigenvalue weighted by Gasteiger charge is -2.14. The van der Waals surface area contributed by atoms with Crippen LogP contribution in [0, 0.1) is 6.92 Å². The second-order valence-corrected chi connectivity index (χ2v) is 8.69. The first kappa shape index (κ1) is 20.5. The van der Waals surface area contributed by atoms with Crippen molar-refractivity contribution in [3.05, 3.63) is 73.8 Å². The number of furan rings is 1. The van der Waals surface area contributed by atoms with Gasteiger partial charge in [0.05, 0.1) is 23.4 Å². The fraction of sp³-hybridized carbons (Fsp3) is 0.227. The van der Waals surface area contributed by atoms with Gasteiger partial charge in [-0.2, -0.15) is 0 Å². The highest BCUT2D eigenvalue weighted by atomic mass is 35.5. The number of carbonyl (C=O) groups excluding carboxylic acids is 1. The van der Waals surface area contributed by atoms with Crippen molar-refractivity contribution in [3.63, 3.8) is 0 Å². The molecule has 6 nitrogen and oxygen atoms in total. The summed E-state index contributed by atoms with van der Waals surface area (Å²) in [7, 11) is 1.93. The lowest BCUT2D eigenvalue weighted by atomic mass is 10.2. The number of hydrogen-bond acceptors (Lipinski definition) is 6. The van der Waals surface area contributed by atoms with Crippen molar-refractivity contribution in [3.8, 4) is 11.3 Å². The number of thiophene rings is 1. The van der Waals surface area contributed by atoms with Gasteiger partial charge in [0, 0.05) is 10.6 Å². The minimum absolute atomic E-state index is 0.0529. The highest BCUT2D eigenvalue weighted by molar-refractivity contribution is 7.20. The molecule has 8 heteroatoms. The Kier molecular flexibility index (Phi) is 5.60. The van der Waals surface area contributed by atoms with Crippen LogP contribution in [0.2, 0.25) is 5.02 Å². The van der Waals surface area contributed by atoms with E-state index in [2.05, 4.69) is 9.97 Å². The fourth-order valence-corrected chi connectivity index (χ4v) is 4.63. The number of hydrogen-bond donors (Lipinski definition) is 1. The van der Waals surface area contributed by atoms with Gasteiger partial charge in [-0.15, -0.1) is 11.3 Å². The van der Waals surface area contributed by atoms with Crippen molar-refractivity contribution in [2.24, 2.45) is 0 Å². The second kappa shape index (κ2) is 8.18. The van der Waals surface area contributed by atoms with Crippen LogP contribution in [-0.4, -0.2) is 27.7 Å². The van der Waals surface area contributed by atoms with Gasteiger partial charge in [-0.25, -0.2) is 4.98 Å². The number of carbonyl (C=O) groups is 1. The summed E-state index contributed by atoms with van der Waals surface area (Å²) in [6.07, 6.45) is 0. The van der Waals surface area contributed by atoms with Crippen LogP contribution in [0.5, 0.6) is 0 Å². The molecule has 0 aliphatic rings. The molecule has 0 bridgehead atoms. The van der Waals surface area contributed by atoms with Crippen LogP contribution >= 0.6 is 22.9 Å². The van der Waals surface area contributed by atoms with E-state index in [1.807, 2.05) is 48.3 Å². The Labute approximate surface area is 182 Å². The summed E-state index contributed by atoms with van der Waals surface area (Å²) in [5.41, 5.74) is 1.44. The molecular formula is C22H20ClN3O3S. The normalized spacial score (nSPS) is 11.5. The molecule has 0 spiro atoms. The maximum Gasteiger partial charge on any atom is 0.259 e. The van der Waals surface area contributed by atoms with Crippen molar-refractivity contribution in [2.75, 3.05) is 7.05 Å². The van der Waals surface area contributed by atoms with Gasteiger partial charge < -0.3 is 9.40 Å². The number of ketones is 1. The minimum Gasteiger partial charge on any atom is -0.460 e. The van der Waals surface area contributed by atoms with Crippen LogP contribution in [0.3, 0.4) is 0 Å². The first-order chi connectivity index (χ1) is 14.3. The molecule has 0 aliphatic heterocycles. The van der Waals surface area contributed by atoms with Crippen molar-refractivity contribution in [1.82, 2.24) is 14.9 Å². The average Bonchev–Trinajstić information content (AvgIpc) is 3.27. The number of Topliss-reactive ketones (excluding diaryl/α,β-unsaturated/α-hetero) is 1. The number of aryl methyl sites for hydroxylation is 1. The van der Waals surface area contributed by atoms with Gasteiger partial charge in [0.1, 0.15) is 22.2 Å². The lowest BCUT2D eigenvalue weighted by molar-refractivity contribution is 0.102. The van der Waals surface area contributed by atoms with Crippen LogP contribution < -0.4 is 5.56 Å². The summed E-state index contributed by atoms with van der Waals surface area (Å²) >= 11 is 7.20. The summed E-state index contributed by atoms with van der Waals surface area (Å²) < 4.78 is 5.94. The molecule has 0 atom stereocenters. The topological polar surface area (TPSA) is 79.2 Å². The number of benzene rings is 1. The third-order valence-corrected chi connectivity index (χ3v) is 6.34. The summed E-state index contributed by atoms with van der Waals surface area (Å²) in [4.78, 5) is 34.9. The van der Waals surface area contributed by atoms with E-state index in [4.69, 9.17) is 16.0 Å². The predicted molar refractivity (Wildman–Crippen MR) is 119 cm³/mol. The second-order valence-electron chi connectivity index (χ2n) is 7.25. The maximum absolute atomic E-state index is 12.5. The van der Waals surface area contributed by atoms with Crippen LogP contribution in [0.25, 0.3) is 21.5 Å². The van der Waals surface area contributed by atoms with E-state index in [-0.39, 0.29) is 11.3 Å². The molecule has 0 radical (unpaired) electrons. The summed E-state index contributed by atoms with van der Waals surface area (Å²) in [5.74, 6) is 2.07. The molecule has 0 fully saturated rings. The summed E-state index contributed by atoms with van der Waals surface area (Å²) in [5, 5.41) is 1.18. The van der Waals surface area contributed by atoms with E-state index < -0.39 is 0 Å². The number of H-pyrrole nitrogens is 1. The molecule has 1 N–H and O–H groups in total. The van der Waals surface area contributed by atoms with Crippen LogP contribution in [0.1, 0.15) is 33.7 Å². The largest absolute Gasteiger partial charge is 0.460 e. The van der Waals surface area contributed by atoms with Gasteiger partial charge in [-0.1, -0.05) is 11.6 Å². The fourth-order valence-electron chi connectivity index (χ4n) is 3.41. The molecule has 154 valence electrons. The Balaban J connectivity index is 1.51. The Morgan fingerprint density at radius 3 is 2.63 bits per heavy atom. The maximum atomic E-state index is 12.5. The van der Waals surface area contributed by atoms with Gasteiger partial charge in [0.15, 0.2) is 5.78 Å². The van der Waals surface area contributed by atoms with E-state index in [0.29, 0.717) is 44.6 Å². The number of nitrogens with one attached hydrogen (secondary N) is 1. The molecule has 0 aliphatic carbocycles. The number of fused-ring (bicyclic) bond motifs is 1. The first-order valence-corrected chi connectivity index (χ1v) is 10.6. The Hall–Kier alpha value is -2.74. The molecule has 30 heavy (non-hydrogen) atoms. The molecule has 3 aromatic heterocycles. The zero-order chi connectivity index (χ0) is 21.4. The average molecular weight is 442 g/mol. The minimum atomic E-state index is -0.215. The van der Waals surface area contributed by atoms with Crippen molar-refractivity contribution < 1.29 is 9.21 Å². The molecule has 4 rings (SSSR count). The third kappa shape index (κ3) is 4.09. The molecule has 4 aromatic rings. The van der Waals surface area contributed by atoms with Crippen LogP contribution in [-0.2, 0) is 13.1 Å². The monoisotopic (exact) mass is 441 g/mol. The molecule has 0 saturated carbocycles. The number of nitrogens with zero attached hydrogens (tertiary/aromatic N) is 2. The van der Waals surface area contributed by atoms with E-state index >= 15 is 0 Å². The van der Waals surface area contributed by atoms with Crippen molar-refractivity contribution >= 4 is 38.9 Å². The number of aromatic amines is 1. The third-order valence-electron chi connectivity index (χ3n) is 4.81. The van der Waals surface area contributed by atoms with Gasteiger partial charge in [0.2, 0.25) is 0 Å². The van der Waals surface area contributed by atoms with E-state index in [9.17, 15) is 9.59 Å². The van der Waals surface area contributed by atoms with Gasteiger partial charge in [-0.05, 0) is 62.9 Å². The number of aromatic nitrogens is 2. The Bertz CT molecular complexity index is 1290. The zero-order valence-electron chi connectivity index (χ0n) is 16.8. The van der Waals surface area contributed by atoms with E-state index in [1.165, 1.54) is 18.3 Å². The van der Waals surface area contributed by atoms with E-state index in [1.54, 1.807) is 6.92 Å². The molecule has 0 saturated heterocycles. The smallest absolute Gasteiger partial charge is 0.259 e. The van der Waals surface area contributed by atoms with Gasteiger partial charge in [0.25, 0.3) is 5.56 Å². The highest BCUT2D eigenvalue weighted by Gasteiger charge is 2.17. The number of rotatable bonds is 6. The first-order valence-electron chi connectivity index (χ1n) is 9.38. The Morgan fingerprint density at radius 2 is 1.93 bits per heavy atom. The molecular weight excluding hydrogens is 422 g/mol. The predicted octanol–water partition coefficient (Wildman–Crippen LogP) is 5.04. The molecule has 3 heterocycles. The quantitative estimate of drug-likeness (QED) is 0.424. The number of halogens is 1. The van der Waals surface area contributed by atoms with Crippen molar-refractivity contribution in [2.45, 2.75) is 26.9 Å². The van der Waals surface area contributed by atoms with E-state index in [0.717, 1.165) is 17.1 Å². The van der Waals surface area contributed by atoms with Crippen molar-refractivity contribution in [1.29, 1.82) is 0 Å². The SMILES string of the molecule is CC(=O)c1sc2nc(CN(C)Cc3ccc(-c4ccc(Cl)cc4)o3)[nH]c(=O)c2c1C. The van der Waals surface area contributed by atoms with Gasteiger partial charge >= 0.3 is 0 Å². The highest BCUT2D eigenvalue weighted by Crippen LogP contribution is 2.28. The summed E-state index contributed by atoms with van der Waals surface area (Å²) in [6.45, 7) is 4.28. The van der Waals surface area contributed by atoms with Crippen LogP contribution in [0.4, 0.5) is 0 Å². The van der Waals surface area contributed by atoms with Gasteiger partial charge in [-0.3, -0.25) is 14.5 Å². The Morgan fingerprint density at radius 1 is 1.20 bits per heavy atom. The zero-order valence-corrected chi connectivity index (χ0v) is 18.4. The molecule has 0 unspecified atom stereocenters. The standard InChI is InChI=1S/C22H20ClN3O3S/c1-12-19-21(28)24-18(25-22(19)30-20(12)13(2)27)11-26(3)10-16-8-9-17(29-16)14-4-6-15(23)7-5-14/h4-9H,10-11H2,1-3H3,(H,24,25,28). The summed E-state index contributed by atoms with van der Waals surface area (Å²) in [6, 6.07) is 11.3. The lowest BCUT2D eigenvalue weighted by Crippen LogP contribution is -2.21. The molecule has 0 amide bonds. The molecule has 1 aromatic carbocycles. The van der Waals surface area contributed by atoms with Crippen LogP contribution in [0.15, 0.2) is 45.6 Å².